The van der Waals surface area contributed by atoms with E-state index in [1.807, 2.05) is 18.2 Å². The highest BCUT2D eigenvalue weighted by atomic mass is 79.9. The molecule has 3 heteroatoms. The van der Waals surface area contributed by atoms with E-state index in [0.717, 1.165) is 10.3 Å². The minimum Gasteiger partial charge on any atom is -0.387 e. The number of halogens is 1. The fourth-order valence-corrected chi connectivity index (χ4v) is 2.74. The van der Waals surface area contributed by atoms with E-state index in [9.17, 15) is 0 Å². The summed E-state index contributed by atoms with van der Waals surface area (Å²) in [4.78, 5) is 4.54. The summed E-state index contributed by atoms with van der Waals surface area (Å²) in [6.45, 7) is 0.684. The third-order valence-corrected chi connectivity index (χ3v) is 4.19. The van der Waals surface area contributed by atoms with Gasteiger partial charge in [0.15, 0.2) is 0 Å². The lowest BCUT2D eigenvalue weighted by Crippen LogP contribution is -2.25. The van der Waals surface area contributed by atoms with Crippen molar-refractivity contribution in [3.63, 3.8) is 0 Å². The van der Waals surface area contributed by atoms with Crippen molar-refractivity contribution in [3.05, 3.63) is 34.3 Å². The van der Waals surface area contributed by atoms with Crippen molar-refractivity contribution in [2.45, 2.75) is 38.6 Å². The van der Waals surface area contributed by atoms with Crippen LogP contribution in [0, 0.1) is 5.92 Å². The van der Waals surface area contributed by atoms with Gasteiger partial charge in [-0.3, -0.25) is 4.99 Å². The van der Waals surface area contributed by atoms with Crippen LogP contribution in [0.25, 0.3) is 0 Å². The molecule has 1 aromatic carbocycles. The van der Waals surface area contributed by atoms with Crippen LogP contribution in [0.1, 0.15) is 37.7 Å². The van der Waals surface area contributed by atoms with Crippen LogP contribution in [0.3, 0.4) is 0 Å². The first-order valence-electron chi connectivity index (χ1n) is 6.30. The third-order valence-electron chi connectivity index (χ3n) is 3.41. The molecule has 0 aromatic heterocycles. The van der Waals surface area contributed by atoms with E-state index in [1.165, 1.54) is 37.7 Å². The second-order valence-electron chi connectivity index (χ2n) is 4.67. The van der Waals surface area contributed by atoms with Gasteiger partial charge in [0, 0.05) is 10.4 Å². The van der Waals surface area contributed by atoms with Crippen molar-refractivity contribution in [2.24, 2.45) is 16.6 Å². The molecule has 0 spiro atoms. The van der Waals surface area contributed by atoms with Crippen molar-refractivity contribution in [1.82, 2.24) is 0 Å². The summed E-state index contributed by atoms with van der Waals surface area (Å²) in [7, 11) is 0. The average molecular weight is 295 g/mol. The van der Waals surface area contributed by atoms with Gasteiger partial charge in [0.25, 0.3) is 0 Å². The molecule has 0 atom stereocenters. The minimum atomic E-state index is 0.520. The number of rotatable bonds is 3. The summed E-state index contributed by atoms with van der Waals surface area (Å²) in [6.07, 6.45) is 6.39. The number of benzene rings is 1. The van der Waals surface area contributed by atoms with Gasteiger partial charge in [-0.05, 0) is 24.5 Å². The van der Waals surface area contributed by atoms with E-state index in [-0.39, 0.29) is 0 Å². The van der Waals surface area contributed by atoms with Gasteiger partial charge in [0.2, 0.25) is 0 Å². The molecule has 2 nitrogen and oxygen atoms in total. The zero-order valence-corrected chi connectivity index (χ0v) is 11.6. The molecule has 0 heterocycles. The maximum atomic E-state index is 6.08. The lowest BCUT2D eigenvalue weighted by Gasteiger charge is -2.20. The van der Waals surface area contributed by atoms with Crippen molar-refractivity contribution < 1.29 is 0 Å². The van der Waals surface area contributed by atoms with E-state index >= 15 is 0 Å². The SMILES string of the molecule is NC(=NCc1ccccc1Br)C1CCCCC1. The molecule has 1 fully saturated rings. The molecule has 0 aliphatic heterocycles. The first-order valence-corrected chi connectivity index (χ1v) is 7.10. The Labute approximate surface area is 111 Å². The highest BCUT2D eigenvalue weighted by Gasteiger charge is 2.16. The van der Waals surface area contributed by atoms with Gasteiger partial charge in [-0.15, -0.1) is 0 Å². The van der Waals surface area contributed by atoms with Crippen LogP contribution in [0.2, 0.25) is 0 Å². The smallest absolute Gasteiger partial charge is 0.0972 e. The Morgan fingerprint density at radius 1 is 1.24 bits per heavy atom. The minimum absolute atomic E-state index is 0.520. The average Bonchev–Trinajstić information content (AvgIpc) is 2.38. The molecule has 2 rings (SSSR count). The maximum absolute atomic E-state index is 6.08. The molecule has 0 bridgehead atoms. The second-order valence-corrected chi connectivity index (χ2v) is 5.52. The zero-order chi connectivity index (χ0) is 12.1. The fraction of sp³-hybridized carbons (Fsp3) is 0.500. The number of nitrogens with two attached hydrogens (primary N) is 1. The maximum Gasteiger partial charge on any atom is 0.0972 e. The van der Waals surface area contributed by atoms with E-state index in [2.05, 4.69) is 27.0 Å². The van der Waals surface area contributed by atoms with Crippen LogP contribution in [-0.4, -0.2) is 5.84 Å². The van der Waals surface area contributed by atoms with Gasteiger partial charge in [0.1, 0.15) is 0 Å². The van der Waals surface area contributed by atoms with Crippen molar-refractivity contribution in [3.8, 4) is 0 Å². The molecule has 2 N–H and O–H groups in total. The topological polar surface area (TPSA) is 38.4 Å². The van der Waals surface area contributed by atoms with Gasteiger partial charge in [0.05, 0.1) is 12.4 Å². The lowest BCUT2D eigenvalue weighted by molar-refractivity contribution is 0.436. The Hall–Kier alpha value is -0.830. The van der Waals surface area contributed by atoms with Crippen molar-refractivity contribution >= 4 is 21.8 Å². The molecule has 1 aromatic rings. The van der Waals surface area contributed by atoms with Crippen LogP contribution < -0.4 is 5.73 Å². The molecular weight excluding hydrogens is 276 g/mol. The standard InChI is InChI=1S/C14H19BrN2/c15-13-9-5-4-8-12(13)10-17-14(16)11-6-2-1-3-7-11/h4-5,8-9,11H,1-3,6-7,10H2,(H2,16,17). The normalized spacial score (nSPS) is 18.3. The first kappa shape index (κ1) is 12.6. The van der Waals surface area contributed by atoms with E-state index in [1.54, 1.807) is 0 Å². The Bertz CT molecular complexity index is 395. The molecule has 0 amide bonds. The molecule has 1 aliphatic carbocycles. The molecule has 92 valence electrons. The summed E-state index contributed by atoms with van der Waals surface area (Å²) >= 11 is 3.53. The quantitative estimate of drug-likeness (QED) is 0.667. The molecule has 1 aliphatic rings. The van der Waals surface area contributed by atoms with E-state index < -0.39 is 0 Å². The zero-order valence-electron chi connectivity index (χ0n) is 10.0. The van der Waals surface area contributed by atoms with Gasteiger partial charge in [-0.1, -0.05) is 53.4 Å². The van der Waals surface area contributed by atoms with Crippen molar-refractivity contribution in [2.75, 3.05) is 0 Å². The highest BCUT2D eigenvalue weighted by molar-refractivity contribution is 9.10. The summed E-state index contributed by atoms with van der Waals surface area (Å²) < 4.78 is 1.11. The summed E-state index contributed by atoms with van der Waals surface area (Å²) in [5.74, 6) is 1.37. The van der Waals surface area contributed by atoms with Crippen LogP contribution >= 0.6 is 15.9 Å². The number of amidine groups is 1. The van der Waals surface area contributed by atoms with Crippen LogP contribution in [0.5, 0.6) is 0 Å². The number of hydrogen-bond donors (Lipinski definition) is 1. The van der Waals surface area contributed by atoms with Crippen LogP contribution in [-0.2, 0) is 6.54 Å². The van der Waals surface area contributed by atoms with E-state index in [4.69, 9.17) is 5.73 Å². The molecular formula is C14H19BrN2. The van der Waals surface area contributed by atoms with Gasteiger partial charge in [-0.2, -0.15) is 0 Å². The predicted molar refractivity (Wildman–Crippen MR) is 76.0 cm³/mol. The first-order chi connectivity index (χ1) is 8.27. The number of nitrogens with zero attached hydrogens (tertiary/aromatic N) is 1. The predicted octanol–water partition coefficient (Wildman–Crippen LogP) is 3.89. The third kappa shape index (κ3) is 3.56. The van der Waals surface area contributed by atoms with Crippen molar-refractivity contribution in [1.29, 1.82) is 0 Å². The molecule has 0 saturated heterocycles. The fourth-order valence-electron chi connectivity index (χ4n) is 2.33. The molecule has 1 saturated carbocycles. The van der Waals surface area contributed by atoms with Crippen LogP contribution in [0.4, 0.5) is 0 Å². The molecule has 17 heavy (non-hydrogen) atoms. The second kappa shape index (κ2) is 6.20. The van der Waals surface area contributed by atoms with Gasteiger partial charge < -0.3 is 5.73 Å². The number of aliphatic imine (C=N–C) groups is 1. The molecule has 0 radical (unpaired) electrons. The largest absolute Gasteiger partial charge is 0.387 e. The van der Waals surface area contributed by atoms with Gasteiger partial charge in [-0.25, -0.2) is 0 Å². The number of hydrogen-bond acceptors (Lipinski definition) is 1. The lowest BCUT2D eigenvalue weighted by atomic mass is 9.88. The Morgan fingerprint density at radius 3 is 2.65 bits per heavy atom. The van der Waals surface area contributed by atoms with Crippen LogP contribution in [0.15, 0.2) is 33.7 Å². The van der Waals surface area contributed by atoms with E-state index in [0.29, 0.717) is 12.5 Å². The van der Waals surface area contributed by atoms with Gasteiger partial charge >= 0.3 is 0 Å². The Kier molecular flexibility index (Phi) is 4.60. The Balaban J connectivity index is 1.97. The summed E-state index contributed by atoms with van der Waals surface area (Å²) in [5, 5.41) is 0. The molecule has 0 unspecified atom stereocenters. The summed E-state index contributed by atoms with van der Waals surface area (Å²) in [6, 6.07) is 8.18. The Morgan fingerprint density at radius 2 is 1.94 bits per heavy atom. The highest BCUT2D eigenvalue weighted by Crippen LogP contribution is 2.24. The summed E-state index contributed by atoms with van der Waals surface area (Å²) in [5.41, 5.74) is 7.28. The monoisotopic (exact) mass is 294 g/mol.